The molecule has 0 saturated carbocycles. The molecule has 1 aromatic carbocycles. The summed E-state index contributed by atoms with van der Waals surface area (Å²) in [5, 5.41) is 0. The summed E-state index contributed by atoms with van der Waals surface area (Å²) in [6.45, 7) is 1.17. The van der Waals surface area contributed by atoms with E-state index in [-0.39, 0.29) is 10.0 Å². The number of halogens is 1. The van der Waals surface area contributed by atoms with Gasteiger partial charge < -0.3 is 0 Å². The van der Waals surface area contributed by atoms with Crippen LogP contribution in [0.2, 0.25) is 0 Å². The van der Waals surface area contributed by atoms with Gasteiger partial charge in [0.25, 0.3) is 20.2 Å². The molecule has 2 N–H and O–H groups in total. The van der Waals surface area contributed by atoms with E-state index in [9.17, 15) is 16.8 Å². The fraction of sp³-hybridized carbons (Fsp3) is 0.143. The second kappa shape index (κ2) is 4.08. The largest absolute Gasteiger partial charge is 0.294 e. The van der Waals surface area contributed by atoms with Crippen LogP contribution >= 0.6 is 15.9 Å². The minimum atomic E-state index is -4.54. The standard InChI is InChI=1S/C7H7BrO6S2/c1-4-6(15(9,10)11)2-5(8)3-7(4)16(12,13)14/h2-3H,1H3,(H,9,10,11)(H,12,13,14). The molecule has 90 valence electrons. The van der Waals surface area contributed by atoms with Crippen LogP contribution in [0.5, 0.6) is 0 Å². The molecule has 0 spiro atoms. The van der Waals surface area contributed by atoms with E-state index in [1.165, 1.54) is 6.92 Å². The molecule has 0 unspecified atom stereocenters. The molecule has 0 heterocycles. The molecule has 0 aliphatic heterocycles. The predicted octanol–water partition coefficient (Wildman–Crippen LogP) is 1.25. The zero-order valence-corrected chi connectivity index (χ0v) is 11.1. The molecule has 9 heteroatoms. The van der Waals surface area contributed by atoms with Crippen molar-refractivity contribution < 1.29 is 25.9 Å². The lowest BCUT2D eigenvalue weighted by molar-refractivity contribution is 0.479. The second-order valence-electron chi connectivity index (χ2n) is 2.98. The Hall–Kier alpha value is -0.480. The van der Waals surface area contributed by atoms with Gasteiger partial charge in [-0.1, -0.05) is 15.9 Å². The maximum Gasteiger partial charge on any atom is 0.294 e. The summed E-state index contributed by atoms with van der Waals surface area (Å²) in [5.74, 6) is 0. The van der Waals surface area contributed by atoms with Gasteiger partial charge in [-0.05, 0) is 24.6 Å². The molecule has 6 nitrogen and oxygen atoms in total. The molecule has 0 amide bonds. The molecule has 0 radical (unpaired) electrons. The van der Waals surface area contributed by atoms with E-state index in [0.29, 0.717) is 0 Å². The third-order valence-corrected chi connectivity index (χ3v) is 4.25. The third-order valence-electron chi connectivity index (χ3n) is 1.83. The zero-order valence-electron chi connectivity index (χ0n) is 7.88. The lowest BCUT2D eigenvalue weighted by Crippen LogP contribution is -2.07. The van der Waals surface area contributed by atoms with Gasteiger partial charge in [0, 0.05) is 4.47 Å². The van der Waals surface area contributed by atoms with Gasteiger partial charge in [-0.25, -0.2) is 0 Å². The highest BCUT2D eigenvalue weighted by atomic mass is 79.9. The molecule has 0 aromatic heterocycles. The SMILES string of the molecule is Cc1c(S(=O)(=O)O)cc(Br)cc1S(=O)(=O)O. The van der Waals surface area contributed by atoms with Crippen molar-refractivity contribution in [1.29, 1.82) is 0 Å². The summed E-state index contributed by atoms with van der Waals surface area (Å²) >= 11 is 2.88. The molecule has 0 aliphatic rings. The lowest BCUT2D eigenvalue weighted by Gasteiger charge is -2.07. The smallest absolute Gasteiger partial charge is 0.282 e. The topological polar surface area (TPSA) is 109 Å². The monoisotopic (exact) mass is 330 g/mol. The van der Waals surface area contributed by atoms with Gasteiger partial charge in [0.15, 0.2) is 0 Å². The maximum absolute atomic E-state index is 10.9. The fourth-order valence-corrected chi connectivity index (χ4v) is 3.54. The van der Waals surface area contributed by atoms with Gasteiger partial charge >= 0.3 is 0 Å². The third kappa shape index (κ3) is 2.80. The first-order valence-electron chi connectivity index (χ1n) is 3.78. The normalized spacial score (nSPS) is 12.8. The molecule has 0 atom stereocenters. The van der Waals surface area contributed by atoms with Crippen LogP contribution in [0.15, 0.2) is 26.4 Å². The van der Waals surface area contributed by atoms with Gasteiger partial charge in [0.2, 0.25) is 0 Å². The first-order chi connectivity index (χ1) is 7.03. The maximum atomic E-state index is 10.9. The van der Waals surface area contributed by atoms with Crippen molar-refractivity contribution in [2.75, 3.05) is 0 Å². The Kier molecular flexibility index (Phi) is 3.46. The minimum absolute atomic E-state index is 0.110. The van der Waals surface area contributed by atoms with Crippen LogP contribution in [-0.2, 0) is 20.2 Å². The van der Waals surface area contributed by atoms with Crippen LogP contribution in [0.3, 0.4) is 0 Å². The number of hydrogen-bond donors (Lipinski definition) is 2. The lowest BCUT2D eigenvalue weighted by atomic mass is 10.2. The van der Waals surface area contributed by atoms with E-state index in [1.807, 2.05) is 0 Å². The van der Waals surface area contributed by atoms with Crippen LogP contribution in [0.4, 0.5) is 0 Å². The van der Waals surface area contributed by atoms with Gasteiger partial charge in [0.05, 0.1) is 9.79 Å². The fourth-order valence-electron chi connectivity index (χ4n) is 1.17. The van der Waals surface area contributed by atoms with Gasteiger partial charge in [-0.3, -0.25) is 9.11 Å². The first-order valence-corrected chi connectivity index (χ1v) is 7.46. The summed E-state index contributed by atoms with van der Waals surface area (Å²) in [5.41, 5.74) is -0.242. The van der Waals surface area contributed by atoms with Crippen molar-refractivity contribution in [2.24, 2.45) is 0 Å². The number of benzene rings is 1. The van der Waals surface area contributed by atoms with E-state index >= 15 is 0 Å². The minimum Gasteiger partial charge on any atom is -0.282 e. The van der Waals surface area contributed by atoms with Crippen LogP contribution in [0, 0.1) is 6.92 Å². The van der Waals surface area contributed by atoms with Crippen molar-refractivity contribution in [2.45, 2.75) is 16.7 Å². The summed E-state index contributed by atoms with van der Waals surface area (Å²) < 4.78 is 61.6. The highest BCUT2D eigenvalue weighted by molar-refractivity contribution is 9.10. The van der Waals surface area contributed by atoms with E-state index in [4.69, 9.17) is 9.11 Å². The van der Waals surface area contributed by atoms with Gasteiger partial charge in [-0.15, -0.1) is 0 Å². The zero-order chi connectivity index (χ0) is 12.7. The van der Waals surface area contributed by atoms with E-state index in [2.05, 4.69) is 15.9 Å². The van der Waals surface area contributed by atoms with Crippen molar-refractivity contribution in [1.82, 2.24) is 0 Å². The van der Waals surface area contributed by atoms with Crippen LogP contribution in [0.25, 0.3) is 0 Å². The number of rotatable bonds is 2. The van der Waals surface area contributed by atoms with Crippen molar-refractivity contribution in [3.8, 4) is 0 Å². The Morgan fingerprint density at radius 3 is 1.56 bits per heavy atom. The van der Waals surface area contributed by atoms with E-state index < -0.39 is 30.0 Å². The predicted molar refractivity (Wildman–Crippen MR) is 58.5 cm³/mol. The van der Waals surface area contributed by atoms with Gasteiger partial charge in [0.1, 0.15) is 0 Å². The van der Waals surface area contributed by atoms with E-state index in [0.717, 1.165) is 12.1 Å². The van der Waals surface area contributed by atoms with Crippen molar-refractivity contribution in [3.05, 3.63) is 22.2 Å². The molecular formula is C7H7BrO6S2. The van der Waals surface area contributed by atoms with Crippen LogP contribution in [-0.4, -0.2) is 25.9 Å². The molecular weight excluding hydrogens is 324 g/mol. The summed E-state index contributed by atoms with van der Waals surface area (Å²) in [7, 11) is -9.09. The van der Waals surface area contributed by atoms with Crippen LogP contribution in [0.1, 0.15) is 5.56 Å². The Labute approximate surface area is 101 Å². The van der Waals surface area contributed by atoms with Gasteiger partial charge in [-0.2, -0.15) is 16.8 Å². The highest BCUT2D eigenvalue weighted by Gasteiger charge is 2.22. The summed E-state index contributed by atoms with van der Waals surface area (Å²) in [6, 6.07) is 2.08. The van der Waals surface area contributed by atoms with E-state index in [1.54, 1.807) is 0 Å². The molecule has 16 heavy (non-hydrogen) atoms. The Morgan fingerprint density at radius 2 is 1.31 bits per heavy atom. The second-order valence-corrected chi connectivity index (χ2v) is 6.67. The van der Waals surface area contributed by atoms with Crippen molar-refractivity contribution in [3.63, 3.8) is 0 Å². The average molecular weight is 331 g/mol. The quantitative estimate of drug-likeness (QED) is 0.790. The molecule has 1 aromatic rings. The Morgan fingerprint density at radius 1 is 1.00 bits per heavy atom. The van der Waals surface area contributed by atoms with Crippen molar-refractivity contribution >= 4 is 36.2 Å². The Bertz CT molecular complexity index is 578. The average Bonchev–Trinajstić information content (AvgIpc) is 2.04. The molecule has 0 fully saturated rings. The Balaban J connectivity index is 3.78. The summed E-state index contributed by atoms with van der Waals surface area (Å²) in [4.78, 5) is -1.15. The number of hydrogen-bond acceptors (Lipinski definition) is 4. The molecule has 0 saturated heterocycles. The van der Waals surface area contributed by atoms with Crippen LogP contribution < -0.4 is 0 Å². The molecule has 0 aliphatic carbocycles. The molecule has 0 bridgehead atoms. The summed E-state index contributed by atoms with van der Waals surface area (Å²) in [6.07, 6.45) is 0. The molecule has 1 rings (SSSR count). The highest BCUT2D eigenvalue weighted by Crippen LogP contribution is 2.27. The first kappa shape index (κ1) is 13.6.